The Bertz CT molecular complexity index is 858. The van der Waals surface area contributed by atoms with Crippen molar-refractivity contribution in [2.45, 2.75) is 11.6 Å². The fourth-order valence-electron chi connectivity index (χ4n) is 2.09. The first kappa shape index (κ1) is 15.5. The molecule has 7 heteroatoms. The highest BCUT2D eigenvalue weighted by atomic mass is 35.5. The van der Waals surface area contributed by atoms with Crippen molar-refractivity contribution in [2.24, 2.45) is 0 Å². The van der Waals surface area contributed by atoms with E-state index >= 15 is 0 Å². The van der Waals surface area contributed by atoms with Gasteiger partial charge in [-0.05, 0) is 37.0 Å². The van der Waals surface area contributed by atoms with Crippen molar-refractivity contribution in [1.82, 2.24) is 15.0 Å². The van der Waals surface area contributed by atoms with Gasteiger partial charge in [0.15, 0.2) is 5.16 Å². The lowest BCUT2D eigenvalue weighted by Gasteiger charge is -2.14. The molecule has 1 aliphatic rings. The molecule has 0 saturated heterocycles. The average molecular weight is 343 g/mol. The first-order valence-electron chi connectivity index (χ1n) is 6.73. The van der Waals surface area contributed by atoms with E-state index in [1.807, 2.05) is 24.5 Å². The van der Waals surface area contributed by atoms with Gasteiger partial charge in [-0.1, -0.05) is 23.4 Å². The van der Waals surface area contributed by atoms with Gasteiger partial charge in [0.05, 0.1) is 17.5 Å². The Morgan fingerprint density at radius 2 is 2.26 bits per heavy atom. The highest BCUT2D eigenvalue weighted by molar-refractivity contribution is 7.98. The van der Waals surface area contributed by atoms with Crippen molar-refractivity contribution >= 4 is 29.1 Å². The number of nitrogens with zero attached hydrogens (tertiary/aromatic N) is 4. The van der Waals surface area contributed by atoms with Crippen molar-refractivity contribution in [2.75, 3.05) is 6.26 Å². The fraction of sp³-hybridized carbons (Fsp3) is 0.125. The molecule has 0 unspecified atom stereocenters. The summed E-state index contributed by atoms with van der Waals surface area (Å²) in [6.07, 6.45) is 9.73. The van der Waals surface area contributed by atoms with Crippen LogP contribution in [0.15, 0.2) is 41.9 Å². The first-order valence-corrected chi connectivity index (χ1v) is 8.33. The van der Waals surface area contributed by atoms with Gasteiger partial charge in [-0.15, -0.1) is 0 Å². The molecule has 1 aliphatic heterocycles. The van der Waals surface area contributed by atoms with Crippen molar-refractivity contribution in [3.05, 3.63) is 53.2 Å². The van der Waals surface area contributed by atoms with E-state index in [2.05, 4.69) is 15.0 Å². The average Bonchev–Trinajstić information content (AvgIpc) is 2.62. The minimum absolute atomic E-state index is 0.143. The zero-order chi connectivity index (χ0) is 16.2. The van der Waals surface area contributed by atoms with Crippen LogP contribution < -0.4 is 0 Å². The Kier molecular flexibility index (Phi) is 4.60. The van der Waals surface area contributed by atoms with Crippen LogP contribution in [-0.2, 0) is 4.74 Å². The largest absolute Gasteiger partial charge is 0.463 e. The smallest absolute Gasteiger partial charge is 0.187 e. The first-order chi connectivity index (χ1) is 11.2. The maximum atomic E-state index is 9.22. The number of hydrogen-bond acceptors (Lipinski definition) is 6. The molecule has 114 valence electrons. The van der Waals surface area contributed by atoms with E-state index in [9.17, 15) is 5.26 Å². The Balaban J connectivity index is 2.20. The van der Waals surface area contributed by atoms with E-state index in [1.165, 1.54) is 11.8 Å². The zero-order valence-corrected chi connectivity index (χ0v) is 13.7. The number of pyridine rings is 1. The SMILES string of the molecule is CSc1nccc(-c2cc(C#N)c(Cl)nc2C2=CCC=CO2)n1. The molecule has 0 aliphatic carbocycles. The van der Waals surface area contributed by atoms with Gasteiger partial charge in [0, 0.05) is 11.8 Å². The van der Waals surface area contributed by atoms with Crippen LogP contribution in [0.1, 0.15) is 17.7 Å². The zero-order valence-electron chi connectivity index (χ0n) is 12.2. The van der Waals surface area contributed by atoms with Gasteiger partial charge in [0.2, 0.25) is 0 Å². The number of allylic oxidation sites excluding steroid dienone is 2. The third-order valence-electron chi connectivity index (χ3n) is 3.15. The highest BCUT2D eigenvalue weighted by Crippen LogP contribution is 2.32. The van der Waals surface area contributed by atoms with Gasteiger partial charge in [-0.25, -0.2) is 15.0 Å². The number of aromatic nitrogens is 3. The van der Waals surface area contributed by atoms with Gasteiger partial charge in [-0.2, -0.15) is 5.26 Å². The van der Waals surface area contributed by atoms with Crippen molar-refractivity contribution in [1.29, 1.82) is 5.26 Å². The number of halogens is 1. The van der Waals surface area contributed by atoms with Crippen molar-refractivity contribution in [3.8, 4) is 17.3 Å². The molecule has 0 saturated carbocycles. The molecule has 0 fully saturated rings. The minimum atomic E-state index is 0.143. The Morgan fingerprint density at radius 1 is 1.39 bits per heavy atom. The van der Waals surface area contributed by atoms with E-state index in [0.717, 1.165) is 6.42 Å². The Labute approximate surface area is 142 Å². The summed E-state index contributed by atoms with van der Waals surface area (Å²) in [7, 11) is 0. The summed E-state index contributed by atoms with van der Waals surface area (Å²) in [6.45, 7) is 0. The van der Waals surface area contributed by atoms with E-state index < -0.39 is 0 Å². The quantitative estimate of drug-likeness (QED) is 0.476. The van der Waals surface area contributed by atoms with Crippen LogP contribution in [0.5, 0.6) is 0 Å². The second-order valence-corrected chi connectivity index (χ2v) is 5.69. The van der Waals surface area contributed by atoms with E-state index in [1.54, 1.807) is 24.6 Å². The topological polar surface area (TPSA) is 71.7 Å². The molecule has 0 radical (unpaired) electrons. The number of hydrogen-bond donors (Lipinski definition) is 0. The molecular weight excluding hydrogens is 332 g/mol. The number of nitriles is 1. The molecule has 3 rings (SSSR count). The maximum Gasteiger partial charge on any atom is 0.187 e. The molecule has 2 aromatic rings. The number of ether oxygens (including phenoxy) is 1. The molecule has 0 aromatic carbocycles. The van der Waals surface area contributed by atoms with Crippen LogP contribution >= 0.6 is 23.4 Å². The fourth-order valence-corrected chi connectivity index (χ4v) is 2.63. The van der Waals surface area contributed by atoms with Gasteiger partial charge < -0.3 is 4.74 Å². The molecule has 0 bridgehead atoms. The summed E-state index contributed by atoms with van der Waals surface area (Å²) in [4.78, 5) is 13.0. The molecule has 3 heterocycles. The number of thioether (sulfide) groups is 1. The van der Waals surface area contributed by atoms with Crippen LogP contribution in [0.3, 0.4) is 0 Å². The normalized spacial score (nSPS) is 13.2. The van der Waals surface area contributed by atoms with Crippen molar-refractivity contribution < 1.29 is 4.74 Å². The van der Waals surface area contributed by atoms with Gasteiger partial charge >= 0.3 is 0 Å². The summed E-state index contributed by atoms with van der Waals surface area (Å²) < 4.78 is 5.54. The lowest BCUT2D eigenvalue weighted by Crippen LogP contribution is -2.01. The van der Waals surface area contributed by atoms with Gasteiger partial charge in [0.25, 0.3) is 0 Å². The molecule has 0 spiro atoms. The highest BCUT2D eigenvalue weighted by Gasteiger charge is 2.18. The minimum Gasteiger partial charge on any atom is -0.463 e. The predicted octanol–water partition coefficient (Wildman–Crippen LogP) is 4.06. The summed E-state index contributed by atoms with van der Waals surface area (Å²) in [5.74, 6) is 0.596. The van der Waals surface area contributed by atoms with Crippen LogP contribution in [0.2, 0.25) is 5.15 Å². The monoisotopic (exact) mass is 342 g/mol. The summed E-state index contributed by atoms with van der Waals surface area (Å²) in [5, 5.41) is 10.0. The Morgan fingerprint density at radius 3 is 2.96 bits per heavy atom. The van der Waals surface area contributed by atoms with Crippen LogP contribution in [-0.4, -0.2) is 21.2 Å². The lowest BCUT2D eigenvalue weighted by atomic mass is 10.1. The lowest BCUT2D eigenvalue weighted by molar-refractivity contribution is 0.425. The van der Waals surface area contributed by atoms with Crippen LogP contribution in [0.25, 0.3) is 17.0 Å². The van der Waals surface area contributed by atoms with Crippen LogP contribution in [0.4, 0.5) is 0 Å². The van der Waals surface area contributed by atoms with Crippen molar-refractivity contribution in [3.63, 3.8) is 0 Å². The van der Waals surface area contributed by atoms with E-state index in [0.29, 0.717) is 33.4 Å². The molecular formula is C16H11ClN4OS. The maximum absolute atomic E-state index is 9.22. The summed E-state index contributed by atoms with van der Waals surface area (Å²) in [5.41, 5.74) is 2.20. The third kappa shape index (κ3) is 3.21. The molecule has 2 aromatic heterocycles. The summed E-state index contributed by atoms with van der Waals surface area (Å²) >= 11 is 7.54. The number of rotatable bonds is 3. The standard InChI is InChI=1S/C16H11ClN4OS/c1-23-16-19-6-5-12(20-16)11-8-10(9-18)15(17)21-14(11)13-4-2-3-7-22-13/h3-8H,2H2,1H3. The predicted molar refractivity (Wildman–Crippen MR) is 89.6 cm³/mol. The molecule has 0 amide bonds. The summed E-state index contributed by atoms with van der Waals surface area (Å²) in [6, 6.07) is 5.50. The van der Waals surface area contributed by atoms with Gasteiger partial charge in [0.1, 0.15) is 22.7 Å². The molecule has 0 atom stereocenters. The van der Waals surface area contributed by atoms with Crippen LogP contribution in [0, 0.1) is 11.3 Å². The van der Waals surface area contributed by atoms with Gasteiger partial charge in [-0.3, -0.25) is 0 Å². The molecule has 23 heavy (non-hydrogen) atoms. The molecule has 0 N–H and O–H groups in total. The second-order valence-electron chi connectivity index (χ2n) is 4.56. The Hall–Kier alpha value is -2.36. The second kappa shape index (κ2) is 6.82. The van der Waals surface area contributed by atoms with E-state index in [-0.39, 0.29) is 5.15 Å². The third-order valence-corrected chi connectivity index (χ3v) is 4.00. The van der Waals surface area contributed by atoms with E-state index in [4.69, 9.17) is 16.3 Å². The molecule has 5 nitrogen and oxygen atoms in total.